The first-order valence-electron chi connectivity index (χ1n) is 5.51. The van der Waals surface area contributed by atoms with E-state index < -0.39 is 0 Å². The lowest BCUT2D eigenvalue weighted by Crippen LogP contribution is -2.08. The molecule has 0 aliphatic carbocycles. The third kappa shape index (κ3) is 3.20. The zero-order chi connectivity index (χ0) is 12.1. The van der Waals surface area contributed by atoms with Gasteiger partial charge < -0.3 is 4.57 Å². The van der Waals surface area contributed by atoms with Crippen LogP contribution in [0.2, 0.25) is 0 Å². The van der Waals surface area contributed by atoms with Gasteiger partial charge in [-0.15, -0.1) is 11.8 Å². The summed E-state index contributed by atoms with van der Waals surface area (Å²) >= 11 is 1.77. The number of thioether (sulfide) groups is 1. The van der Waals surface area contributed by atoms with E-state index in [1.54, 1.807) is 35.0 Å². The first-order chi connectivity index (χ1) is 8.29. The van der Waals surface area contributed by atoms with Crippen LogP contribution >= 0.6 is 11.8 Å². The fourth-order valence-corrected chi connectivity index (χ4v) is 2.20. The van der Waals surface area contributed by atoms with Crippen LogP contribution in [-0.4, -0.2) is 21.1 Å². The van der Waals surface area contributed by atoms with Crippen LogP contribution in [0.5, 0.6) is 0 Å². The van der Waals surface area contributed by atoms with E-state index >= 15 is 0 Å². The van der Waals surface area contributed by atoms with Crippen molar-refractivity contribution in [2.75, 3.05) is 5.75 Å². The van der Waals surface area contributed by atoms with E-state index in [1.165, 1.54) is 4.90 Å². The van der Waals surface area contributed by atoms with Gasteiger partial charge in [0, 0.05) is 22.9 Å². The molecule has 0 atom stereocenters. The Labute approximate surface area is 105 Å². The lowest BCUT2D eigenvalue weighted by atomic mass is 10.1. The fourth-order valence-electron chi connectivity index (χ4n) is 1.54. The van der Waals surface area contributed by atoms with Crippen molar-refractivity contribution in [2.45, 2.75) is 18.4 Å². The maximum absolute atomic E-state index is 11.9. The van der Waals surface area contributed by atoms with E-state index in [-0.39, 0.29) is 5.78 Å². The van der Waals surface area contributed by atoms with Gasteiger partial charge in [0.15, 0.2) is 5.78 Å². The quantitative estimate of drug-likeness (QED) is 0.601. The number of carbonyl (C=O) groups excluding carboxylic acids is 1. The van der Waals surface area contributed by atoms with E-state index in [2.05, 4.69) is 11.9 Å². The molecule has 0 aliphatic heterocycles. The largest absolute Gasteiger partial charge is 0.330 e. The second kappa shape index (κ2) is 5.68. The van der Waals surface area contributed by atoms with Crippen LogP contribution in [0.1, 0.15) is 17.3 Å². The fraction of sp³-hybridized carbons (Fsp3) is 0.231. The summed E-state index contributed by atoms with van der Waals surface area (Å²) in [5.41, 5.74) is 0.749. The van der Waals surface area contributed by atoms with Gasteiger partial charge in [-0.05, 0) is 17.9 Å². The van der Waals surface area contributed by atoms with Gasteiger partial charge in [-0.1, -0.05) is 19.1 Å². The Kier molecular flexibility index (Phi) is 3.98. The van der Waals surface area contributed by atoms with Gasteiger partial charge in [-0.25, -0.2) is 4.98 Å². The third-order valence-electron chi connectivity index (χ3n) is 2.37. The van der Waals surface area contributed by atoms with Crippen molar-refractivity contribution in [3.8, 4) is 0 Å². The van der Waals surface area contributed by atoms with Crippen molar-refractivity contribution < 1.29 is 4.79 Å². The summed E-state index contributed by atoms with van der Waals surface area (Å²) < 4.78 is 1.77. The molecular weight excluding hydrogens is 232 g/mol. The van der Waals surface area contributed by atoms with Gasteiger partial charge in [0.25, 0.3) is 0 Å². The highest BCUT2D eigenvalue weighted by Crippen LogP contribution is 2.18. The number of rotatable bonds is 5. The molecule has 1 aromatic carbocycles. The number of carbonyl (C=O) groups is 1. The molecule has 1 aromatic heterocycles. The predicted octanol–water partition coefficient (Wildman–Crippen LogP) is 2.88. The summed E-state index contributed by atoms with van der Waals surface area (Å²) in [5.74, 6) is 1.15. The number of nitrogens with zero attached hydrogens (tertiary/aromatic N) is 2. The monoisotopic (exact) mass is 246 g/mol. The Balaban J connectivity index is 2.04. The number of aromatic nitrogens is 2. The van der Waals surface area contributed by atoms with Gasteiger partial charge in [0.05, 0.1) is 12.9 Å². The van der Waals surface area contributed by atoms with E-state index in [0.29, 0.717) is 6.54 Å². The smallest absolute Gasteiger partial charge is 0.182 e. The van der Waals surface area contributed by atoms with Crippen LogP contribution in [0.4, 0.5) is 0 Å². The zero-order valence-corrected chi connectivity index (χ0v) is 10.5. The molecule has 2 aromatic rings. The summed E-state index contributed by atoms with van der Waals surface area (Å²) in [7, 11) is 0. The van der Waals surface area contributed by atoms with Crippen molar-refractivity contribution in [1.82, 2.24) is 9.55 Å². The lowest BCUT2D eigenvalue weighted by molar-refractivity contribution is 0.0972. The maximum Gasteiger partial charge on any atom is 0.182 e. The molecule has 88 valence electrons. The summed E-state index contributed by atoms with van der Waals surface area (Å²) in [4.78, 5) is 17.0. The SMILES string of the molecule is CCSc1ccc(C(=O)Cn2ccnc2)cc1. The van der Waals surface area contributed by atoms with Crippen molar-refractivity contribution in [3.05, 3.63) is 48.5 Å². The van der Waals surface area contributed by atoms with E-state index in [9.17, 15) is 4.79 Å². The second-order valence-corrected chi connectivity index (χ2v) is 4.95. The van der Waals surface area contributed by atoms with Crippen molar-refractivity contribution in [2.24, 2.45) is 0 Å². The summed E-state index contributed by atoms with van der Waals surface area (Å²) in [6, 6.07) is 7.76. The molecule has 0 N–H and O–H groups in total. The maximum atomic E-state index is 11.9. The highest BCUT2D eigenvalue weighted by molar-refractivity contribution is 7.99. The topological polar surface area (TPSA) is 34.9 Å². The standard InChI is InChI=1S/C13H14N2OS/c1-2-17-12-5-3-11(4-6-12)13(16)9-15-8-7-14-10-15/h3-8,10H,2,9H2,1H3. The van der Waals surface area contributed by atoms with Gasteiger partial charge in [-0.3, -0.25) is 4.79 Å². The number of ketones is 1. The first-order valence-corrected chi connectivity index (χ1v) is 6.50. The zero-order valence-electron chi connectivity index (χ0n) is 9.67. The highest BCUT2D eigenvalue weighted by Gasteiger charge is 2.06. The number of hydrogen-bond donors (Lipinski definition) is 0. The van der Waals surface area contributed by atoms with Gasteiger partial charge in [0.2, 0.25) is 0 Å². The minimum absolute atomic E-state index is 0.107. The molecule has 0 fully saturated rings. The molecule has 3 nitrogen and oxygen atoms in total. The minimum Gasteiger partial charge on any atom is -0.330 e. The molecule has 2 rings (SSSR count). The number of hydrogen-bond acceptors (Lipinski definition) is 3. The van der Waals surface area contributed by atoms with Crippen molar-refractivity contribution in [3.63, 3.8) is 0 Å². The van der Waals surface area contributed by atoms with Crippen LogP contribution in [0.3, 0.4) is 0 Å². The molecule has 1 heterocycles. The van der Waals surface area contributed by atoms with E-state index in [1.807, 2.05) is 24.3 Å². The van der Waals surface area contributed by atoms with Crippen molar-refractivity contribution in [1.29, 1.82) is 0 Å². The summed E-state index contributed by atoms with van der Waals surface area (Å²) in [6.45, 7) is 2.46. The molecule has 0 spiro atoms. The Hall–Kier alpha value is -1.55. The number of Topliss-reactive ketones (excluding diaryl/α,β-unsaturated/α-hetero) is 1. The molecule has 17 heavy (non-hydrogen) atoms. The number of benzene rings is 1. The molecule has 0 aliphatic rings. The minimum atomic E-state index is 0.107. The molecule has 0 saturated heterocycles. The van der Waals surface area contributed by atoms with Crippen LogP contribution in [-0.2, 0) is 6.54 Å². The predicted molar refractivity (Wildman–Crippen MR) is 69.4 cm³/mol. The van der Waals surface area contributed by atoms with E-state index in [4.69, 9.17) is 0 Å². The average Bonchev–Trinajstić information content (AvgIpc) is 2.83. The highest BCUT2D eigenvalue weighted by atomic mass is 32.2. The molecule has 0 unspecified atom stereocenters. The van der Waals surface area contributed by atoms with E-state index in [0.717, 1.165) is 11.3 Å². The molecule has 0 bridgehead atoms. The second-order valence-electron chi connectivity index (χ2n) is 3.62. The molecule has 0 radical (unpaired) electrons. The number of imidazole rings is 1. The first kappa shape index (κ1) is 11.9. The third-order valence-corrected chi connectivity index (χ3v) is 3.27. The van der Waals surface area contributed by atoms with Gasteiger partial charge >= 0.3 is 0 Å². The summed E-state index contributed by atoms with van der Waals surface area (Å²) in [5, 5.41) is 0. The Morgan fingerprint density at radius 1 is 1.35 bits per heavy atom. The van der Waals surface area contributed by atoms with Crippen LogP contribution in [0.25, 0.3) is 0 Å². The molecule has 0 saturated carbocycles. The summed E-state index contributed by atoms with van der Waals surface area (Å²) in [6.07, 6.45) is 5.12. The van der Waals surface area contributed by atoms with Gasteiger partial charge in [0.1, 0.15) is 0 Å². The lowest BCUT2D eigenvalue weighted by Gasteiger charge is -2.03. The van der Waals surface area contributed by atoms with Gasteiger partial charge in [-0.2, -0.15) is 0 Å². The Bertz CT molecular complexity index is 477. The normalized spacial score (nSPS) is 10.4. The van der Waals surface area contributed by atoms with Crippen LogP contribution in [0.15, 0.2) is 47.9 Å². The molecule has 4 heteroatoms. The van der Waals surface area contributed by atoms with Crippen LogP contribution < -0.4 is 0 Å². The average molecular weight is 246 g/mol. The van der Waals surface area contributed by atoms with Crippen LogP contribution in [0, 0.1) is 0 Å². The molecule has 0 amide bonds. The van der Waals surface area contributed by atoms with Crippen molar-refractivity contribution >= 4 is 17.5 Å². The Morgan fingerprint density at radius 3 is 2.71 bits per heavy atom. The Morgan fingerprint density at radius 2 is 2.12 bits per heavy atom. The molecular formula is C13H14N2OS.